The van der Waals surface area contributed by atoms with Gasteiger partial charge in [-0.05, 0) is 30.7 Å². The Kier molecular flexibility index (Phi) is 5.75. The lowest BCUT2D eigenvalue weighted by Gasteiger charge is -2.21. The smallest absolute Gasteiger partial charge is 0.274 e. The third kappa shape index (κ3) is 4.47. The van der Waals surface area contributed by atoms with Crippen LogP contribution in [0, 0.1) is 11.3 Å². The molecule has 1 heterocycles. The van der Waals surface area contributed by atoms with Crippen LogP contribution in [0.15, 0.2) is 66.9 Å². The highest BCUT2D eigenvalue weighted by atomic mass is 16.1. The topological polar surface area (TPSA) is 81.9 Å². The van der Waals surface area contributed by atoms with Gasteiger partial charge in [-0.15, -0.1) is 0 Å². The quantitative estimate of drug-likeness (QED) is 0.728. The molecule has 0 unspecified atom stereocenters. The van der Waals surface area contributed by atoms with E-state index in [4.69, 9.17) is 5.26 Å². The summed E-state index contributed by atoms with van der Waals surface area (Å²) in [5.41, 5.74) is 2.25. The maximum Gasteiger partial charge on any atom is 0.274 e. The molecule has 1 amide bonds. The first kappa shape index (κ1) is 18.1. The van der Waals surface area contributed by atoms with Crippen LogP contribution in [0.25, 0.3) is 0 Å². The zero-order valence-corrected chi connectivity index (χ0v) is 15.0. The van der Waals surface area contributed by atoms with E-state index in [9.17, 15) is 4.79 Å². The fraction of sp³-hybridized carbons (Fsp3) is 0.143. The van der Waals surface area contributed by atoms with Crippen molar-refractivity contribution in [3.63, 3.8) is 0 Å². The molecule has 0 aliphatic carbocycles. The van der Waals surface area contributed by atoms with Crippen molar-refractivity contribution in [1.82, 2.24) is 9.97 Å². The van der Waals surface area contributed by atoms with Crippen molar-refractivity contribution < 1.29 is 4.79 Å². The molecule has 6 heteroatoms. The molecule has 0 saturated carbocycles. The van der Waals surface area contributed by atoms with Gasteiger partial charge in [-0.25, -0.2) is 9.97 Å². The van der Waals surface area contributed by atoms with Crippen LogP contribution in [0.5, 0.6) is 0 Å². The Balaban J connectivity index is 1.80. The summed E-state index contributed by atoms with van der Waals surface area (Å²) < 4.78 is 0. The summed E-state index contributed by atoms with van der Waals surface area (Å²) in [4.78, 5) is 23.3. The summed E-state index contributed by atoms with van der Waals surface area (Å²) in [6.07, 6.45) is 1.57. The molecule has 2 aromatic carbocycles. The third-order valence-electron chi connectivity index (χ3n) is 4.05. The Hall–Kier alpha value is -3.72. The highest BCUT2D eigenvalue weighted by Crippen LogP contribution is 2.16. The molecule has 0 aliphatic rings. The monoisotopic (exact) mass is 357 g/mol. The fourth-order valence-corrected chi connectivity index (χ4v) is 2.63. The van der Waals surface area contributed by atoms with Gasteiger partial charge in [0.1, 0.15) is 11.8 Å². The largest absolute Gasteiger partial charge is 0.337 e. The zero-order valence-electron chi connectivity index (χ0n) is 15.0. The predicted molar refractivity (Wildman–Crippen MR) is 104 cm³/mol. The number of hydrogen-bond acceptors (Lipinski definition) is 5. The van der Waals surface area contributed by atoms with Gasteiger partial charge in [-0.3, -0.25) is 4.79 Å². The molecule has 1 aromatic heterocycles. The van der Waals surface area contributed by atoms with Crippen LogP contribution >= 0.6 is 0 Å². The van der Waals surface area contributed by atoms with E-state index in [1.54, 1.807) is 36.5 Å². The van der Waals surface area contributed by atoms with E-state index in [0.29, 0.717) is 30.3 Å². The molecule has 1 N–H and O–H groups in total. The maximum atomic E-state index is 12.6. The molecule has 27 heavy (non-hydrogen) atoms. The van der Waals surface area contributed by atoms with Crippen molar-refractivity contribution in [3.8, 4) is 6.07 Å². The Labute approximate surface area is 158 Å². The standard InChI is InChI=1S/C21H19N5O/c1-2-26(15-16-8-4-3-5-9-16)21-23-13-12-19(25-21)20(27)24-18-11-7-6-10-17(18)14-22/h3-13H,2,15H2,1H3,(H,24,27). The van der Waals surface area contributed by atoms with E-state index >= 15 is 0 Å². The van der Waals surface area contributed by atoms with E-state index in [-0.39, 0.29) is 11.6 Å². The van der Waals surface area contributed by atoms with Gasteiger partial charge in [0, 0.05) is 19.3 Å². The molecule has 0 aliphatic heterocycles. The van der Waals surface area contributed by atoms with Crippen LogP contribution in [-0.2, 0) is 6.54 Å². The van der Waals surface area contributed by atoms with Gasteiger partial charge < -0.3 is 10.2 Å². The molecule has 0 fully saturated rings. The summed E-state index contributed by atoms with van der Waals surface area (Å²) in [7, 11) is 0. The van der Waals surface area contributed by atoms with Crippen molar-refractivity contribution in [2.45, 2.75) is 13.5 Å². The number of rotatable bonds is 6. The van der Waals surface area contributed by atoms with Crippen LogP contribution in [0.1, 0.15) is 28.5 Å². The van der Waals surface area contributed by atoms with Gasteiger partial charge in [-0.2, -0.15) is 5.26 Å². The van der Waals surface area contributed by atoms with E-state index in [0.717, 1.165) is 5.56 Å². The Bertz CT molecular complexity index is 966. The Morgan fingerprint density at radius 3 is 2.59 bits per heavy atom. The number of nitriles is 1. The second-order valence-electron chi connectivity index (χ2n) is 5.85. The minimum absolute atomic E-state index is 0.249. The van der Waals surface area contributed by atoms with Gasteiger partial charge in [-0.1, -0.05) is 42.5 Å². The zero-order chi connectivity index (χ0) is 19.1. The molecule has 6 nitrogen and oxygen atoms in total. The van der Waals surface area contributed by atoms with Gasteiger partial charge in [0.15, 0.2) is 0 Å². The number of para-hydroxylation sites is 1. The number of nitrogens with zero attached hydrogens (tertiary/aromatic N) is 4. The first-order chi connectivity index (χ1) is 13.2. The minimum Gasteiger partial charge on any atom is -0.337 e. The number of aromatic nitrogens is 2. The fourth-order valence-electron chi connectivity index (χ4n) is 2.63. The molecule has 3 rings (SSSR count). The van der Waals surface area contributed by atoms with Crippen molar-refractivity contribution in [1.29, 1.82) is 5.26 Å². The number of anilines is 2. The van der Waals surface area contributed by atoms with Crippen LogP contribution in [0.4, 0.5) is 11.6 Å². The second-order valence-corrected chi connectivity index (χ2v) is 5.85. The minimum atomic E-state index is -0.378. The number of carbonyl (C=O) groups excluding carboxylic acids is 1. The first-order valence-electron chi connectivity index (χ1n) is 8.63. The molecule has 0 spiro atoms. The van der Waals surface area contributed by atoms with Crippen LogP contribution < -0.4 is 10.2 Å². The van der Waals surface area contributed by atoms with E-state index in [1.165, 1.54) is 0 Å². The second kappa shape index (κ2) is 8.59. The average molecular weight is 357 g/mol. The van der Waals surface area contributed by atoms with Crippen molar-refractivity contribution in [2.24, 2.45) is 0 Å². The number of benzene rings is 2. The number of amides is 1. The highest BCUT2D eigenvalue weighted by molar-refractivity contribution is 6.03. The molecule has 0 radical (unpaired) electrons. The maximum absolute atomic E-state index is 12.6. The molecule has 0 atom stereocenters. The molecular weight excluding hydrogens is 338 g/mol. The molecule has 0 saturated heterocycles. The average Bonchev–Trinajstić information content (AvgIpc) is 2.73. The first-order valence-corrected chi connectivity index (χ1v) is 8.63. The molecule has 3 aromatic rings. The normalized spacial score (nSPS) is 10.1. The lowest BCUT2D eigenvalue weighted by Crippen LogP contribution is -2.25. The summed E-state index contributed by atoms with van der Waals surface area (Å²) in [5, 5.41) is 11.9. The van der Waals surface area contributed by atoms with E-state index in [2.05, 4.69) is 21.4 Å². The van der Waals surface area contributed by atoms with Crippen molar-refractivity contribution in [3.05, 3.63) is 83.7 Å². The van der Waals surface area contributed by atoms with Gasteiger partial charge >= 0.3 is 0 Å². The van der Waals surface area contributed by atoms with Gasteiger partial charge in [0.2, 0.25) is 5.95 Å². The van der Waals surface area contributed by atoms with Crippen LogP contribution in [0.3, 0.4) is 0 Å². The summed E-state index contributed by atoms with van der Waals surface area (Å²) in [6, 6.07) is 20.5. The lowest BCUT2D eigenvalue weighted by atomic mass is 10.2. The van der Waals surface area contributed by atoms with Crippen LogP contribution in [0.2, 0.25) is 0 Å². The summed E-state index contributed by atoms with van der Waals surface area (Å²) in [6.45, 7) is 3.37. The molecular formula is C21H19N5O. The van der Waals surface area contributed by atoms with Crippen molar-refractivity contribution in [2.75, 3.05) is 16.8 Å². The van der Waals surface area contributed by atoms with E-state index in [1.807, 2.05) is 42.2 Å². The summed E-state index contributed by atoms with van der Waals surface area (Å²) >= 11 is 0. The van der Waals surface area contributed by atoms with E-state index < -0.39 is 0 Å². The third-order valence-corrected chi connectivity index (χ3v) is 4.05. The SMILES string of the molecule is CCN(Cc1ccccc1)c1nccc(C(=O)Nc2ccccc2C#N)n1. The van der Waals surface area contributed by atoms with Gasteiger partial charge in [0.05, 0.1) is 11.3 Å². The number of hydrogen-bond donors (Lipinski definition) is 1. The number of carbonyl (C=O) groups is 1. The van der Waals surface area contributed by atoms with Gasteiger partial charge in [0.25, 0.3) is 5.91 Å². The van der Waals surface area contributed by atoms with Crippen LogP contribution in [-0.4, -0.2) is 22.4 Å². The predicted octanol–water partition coefficient (Wildman–Crippen LogP) is 3.63. The molecule has 134 valence electrons. The lowest BCUT2D eigenvalue weighted by molar-refractivity contribution is 0.102. The Morgan fingerprint density at radius 1 is 1.11 bits per heavy atom. The highest BCUT2D eigenvalue weighted by Gasteiger charge is 2.14. The summed E-state index contributed by atoms with van der Waals surface area (Å²) in [5.74, 6) is 0.111. The Morgan fingerprint density at radius 2 is 1.85 bits per heavy atom. The molecule has 0 bridgehead atoms. The number of nitrogens with one attached hydrogen (secondary N) is 1. The van der Waals surface area contributed by atoms with Crippen molar-refractivity contribution >= 4 is 17.5 Å².